The van der Waals surface area contributed by atoms with Crippen molar-refractivity contribution in [1.82, 2.24) is 9.84 Å². The Hall–Kier alpha value is -2.40. The van der Waals surface area contributed by atoms with Crippen LogP contribution in [0.4, 0.5) is 4.79 Å². The van der Waals surface area contributed by atoms with Gasteiger partial charge in [0, 0.05) is 0 Å². The minimum Gasteiger partial charge on any atom is -0.504 e. The number of carbonyl (C=O) groups excluding carboxylic acids is 1. The lowest BCUT2D eigenvalue weighted by atomic mass is 10.2. The van der Waals surface area contributed by atoms with Gasteiger partial charge in [-0.2, -0.15) is 0 Å². The Labute approximate surface area is 165 Å². The summed E-state index contributed by atoms with van der Waals surface area (Å²) < 4.78 is 29.9. The molecule has 3 rings (SSSR count). The van der Waals surface area contributed by atoms with Gasteiger partial charge in [0.05, 0.1) is 16.9 Å². The third-order valence-corrected chi connectivity index (χ3v) is 6.30. The van der Waals surface area contributed by atoms with Crippen molar-refractivity contribution in [3.05, 3.63) is 59.0 Å². The van der Waals surface area contributed by atoms with Gasteiger partial charge in [-0.05, 0) is 47.7 Å². The zero-order valence-electron chi connectivity index (χ0n) is 13.9. The van der Waals surface area contributed by atoms with E-state index >= 15 is 0 Å². The fourth-order valence-electron chi connectivity index (χ4n) is 2.25. The zero-order valence-corrected chi connectivity index (χ0v) is 16.4. The quantitative estimate of drug-likeness (QED) is 0.564. The van der Waals surface area contributed by atoms with Gasteiger partial charge < -0.3 is 9.84 Å². The molecule has 0 aliphatic carbocycles. The van der Waals surface area contributed by atoms with E-state index < -0.39 is 15.3 Å². The first-order valence-electron chi connectivity index (χ1n) is 7.54. The van der Waals surface area contributed by atoms with Gasteiger partial charge in [0.15, 0.2) is 11.5 Å². The molecule has 1 heterocycles. The third-order valence-electron chi connectivity index (χ3n) is 3.56. The number of benzene rings is 2. The van der Waals surface area contributed by atoms with Gasteiger partial charge in [0.25, 0.3) is 10.0 Å². The second-order valence-electron chi connectivity index (χ2n) is 5.36. The van der Waals surface area contributed by atoms with Gasteiger partial charge in [0.1, 0.15) is 4.99 Å². The Bertz CT molecular complexity index is 1040. The molecule has 2 aromatic carbocycles. The summed E-state index contributed by atoms with van der Waals surface area (Å²) >= 11 is 6.06. The van der Waals surface area contributed by atoms with Crippen LogP contribution in [0.3, 0.4) is 0 Å². The van der Waals surface area contributed by atoms with E-state index in [1.165, 1.54) is 25.3 Å². The highest BCUT2D eigenvalue weighted by molar-refractivity contribution is 8.19. The molecule has 2 N–H and O–H groups in total. The fraction of sp³-hybridized carbons (Fsp3) is 0.0588. The van der Waals surface area contributed by atoms with Crippen LogP contribution in [0.2, 0.25) is 0 Å². The van der Waals surface area contributed by atoms with E-state index in [0.29, 0.717) is 10.5 Å². The molecule has 7 nitrogen and oxygen atoms in total. The van der Waals surface area contributed by atoms with Crippen LogP contribution in [-0.4, -0.2) is 35.9 Å². The standard InChI is InChI=1S/C17H14N2O5S3/c1-24-14-9-11(7-8-13(14)20)10-15-16(25)19(17(21)26-15)18-27(22,23)12-5-3-2-4-6-12/h2-10,18,20H,1H3/b15-10-. The highest BCUT2D eigenvalue weighted by atomic mass is 32.2. The van der Waals surface area contributed by atoms with Gasteiger partial charge >= 0.3 is 5.24 Å². The Morgan fingerprint density at radius 2 is 1.93 bits per heavy atom. The predicted molar refractivity (Wildman–Crippen MR) is 107 cm³/mol. The van der Waals surface area contributed by atoms with Crippen LogP contribution in [0.5, 0.6) is 11.5 Å². The molecular weight excluding hydrogens is 408 g/mol. The molecule has 1 fully saturated rings. The maximum atomic E-state index is 12.4. The number of methoxy groups -OCH3 is 1. The van der Waals surface area contributed by atoms with Crippen LogP contribution in [0, 0.1) is 0 Å². The molecule has 1 amide bonds. The van der Waals surface area contributed by atoms with Crippen LogP contribution >= 0.6 is 24.0 Å². The molecule has 140 valence electrons. The monoisotopic (exact) mass is 422 g/mol. The van der Waals surface area contributed by atoms with Crippen LogP contribution in [0.1, 0.15) is 5.56 Å². The minimum atomic E-state index is -3.95. The predicted octanol–water partition coefficient (Wildman–Crippen LogP) is 3.13. The summed E-state index contributed by atoms with van der Waals surface area (Å²) in [6.45, 7) is 0. The molecule has 10 heteroatoms. The average Bonchev–Trinajstić information content (AvgIpc) is 2.91. The van der Waals surface area contributed by atoms with Crippen molar-refractivity contribution in [3.63, 3.8) is 0 Å². The van der Waals surface area contributed by atoms with Crippen molar-refractivity contribution in [2.45, 2.75) is 4.90 Å². The molecule has 2 aromatic rings. The number of phenolic OH excluding ortho intramolecular Hbond substituents is 1. The van der Waals surface area contributed by atoms with E-state index in [9.17, 15) is 18.3 Å². The normalized spacial score (nSPS) is 16.2. The number of thiocarbonyl (C=S) groups is 1. The number of amides is 1. The van der Waals surface area contributed by atoms with E-state index in [1.807, 2.05) is 0 Å². The van der Waals surface area contributed by atoms with Crippen LogP contribution in [-0.2, 0) is 10.0 Å². The largest absolute Gasteiger partial charge is 0.504 e. The molecule has 1 aliphatic rings. The summed E-state index contributed by atoms with van der Waals surface area (Å²) in [6.07, 6.45) is 1.61. The number of hydrogen-bond acceptors (Lipinski definition) is 7. The summed E-state index contributed by atoms with van der Waals surface area (Å²) in [4.78, 5) is 14.9. The van der Waals surface area contributed by atoms with Crippen molar-refractivity contribution < 1.29 is 23.1 Å². The zero-order chi connectivity index (χ0) is 19.6. The SMILES string of the molecule is COc1cc(/C=C2\SC(=O)N(NS(=O)(=O)c3ccccc3)C2=S)ccc1O. The van der Waals surface area contributed by atoms with E-state index in [4.69, 9.17) is 17.0 Å². The molecule has 1 saturated heterocycles. The third kappa shape index (κ3) is 4.14. The Balaban J connectivity index is 1.85. The number of rotatable bonds is 5. The van der Waals surface area contributed by atoms with E-state index in [0.717, 1.165) is 16.8 Å². The molecule has 0 unspecified atom stereocenters. The van der Waals surface area contributed by atoms with Crippen LogP contribution in [0.15, 0.2) is 58.3 Å². The molecule has 1 aliphatic heterocycles. The smallest absolute Gasteiger partial charge is 0.307 e. The van der Waals surface area contributed by atoms with Gasteiger partial charge in [-0.25, -0.2) is 13.4 Å². The topological polar surface area (TPSA) is 95.9 Å². The summed E-state index contributed by atoms with van der Waals surface area (Å²) in [7, 11) is -2.53. The van der Waals surface area contributed by atoms with Crippen LogP contribution < -0.4 is 9.57 Å². The summed E-state index contributed by atoms with van der Waals surface area (Å²) in [5.41, 5.74) is 0.634. The van der Waals surface area contributed by atoms with Gasteiger partial charge in [-0.15, -0.1) is 4.83 Å². The first kappa shape index (κ1) is 19.4. The molecular formula is C17H14N2O5S3. The highest BCUT2D eigenvalue weighted by Gasteiger charge is 2.35. The minimum absolute atomic E-state index is 0.0189. The molecule has 0 spiro atoms. The van der Waals surface area contributed by atoms with Crippen molar-refractivity contribution in [3.8, 4) is 11.5 Å². The van der Waals surface area contributed by atoms with Crippen molar-refractivity contribution >= 4 is 50.3 Å². The van der Waals surface area contributed by atoms with Gasteiger partial charge in [0.2, 0.25) is 0 Å². The summed E-state index contributed by atoms with van der Waals surface area (Å²) in [5, 5.41) is 9.92. The van der Waals surface area contributed by atoms with E-state index in [1.54, 1.807) is 36.4 Å². The fourth-order valence-corrected chi connectivity index (χ4v) is 4.57. The number of aromatic hydroxyl groups is 1. The van der Waals surface area contributed by atoms with Gasteiger partial charge in [-0.3, -0.25) is 4.79 Å². The lowest BCUT2D eigenvalue weighted by molar-refractivity contribution is 0.241. The maximum absolute atomic E-state index is 12.4. The lowest BCUT2D eigenvalue weighted by Crippen LogP contribution is -2.44. The molecule has 0 aromatic heterocycles. The average molecular weight is 423 g/mol. The molecule has 0 atom stereocenters. The number of ether oxygens (including phenoxy) is 1. The Morgan fingerprint density at radius 1 is 1.22 bits per heavy atom. The van der Waals surface area contributed by atoms with Crippen molar-refractivity contribution in [2.24, 2.45) is 0 Å². The van der Waals surface area contributed by atoms with Crippen molar-refractivity contribution in [2.75, 3.05) is 7.11 Å². The molecule has 0 saturated carbocycles. The molecule has 27 heavy (non-hydrogen) atoms. The summed E-state index contributed by atoms with van der Waals surface area (Å²) in [6, 6.07) is 12.3. The first-order valence-corrected chi connectivity index (χ1v) is 10.2. The van der Waals surface area contributed by atoms with E-state index in [-0.39, 0.29) is 21.4 Å². The second-order valence-corrected chi connectivity index (χ2v) is 8.40. The number of thioether (sulfide) groups is 1. The van der Waals surface area contributed by atoms with Gasteiger partial charge in [-0.1, -0.05) is 36.5 Å². The number of nitrogens with zero attached hydrogens (tertiary/aromatic N) is 1. The Kier molecular flexibility index (Phi) is 5.51. The molecule has 0 bridgehead atoms. The second kappa shape index (κ2) is 7.69. The summed E-state index contributed by atoms with van der Waals surface area (Å²) in [5.74, 6) is 0.251. The molecule has 0 radical (unpaired) electrons. The highest BCUT2D eigenvalue weighted by Crippen LogP contribution is 2.34. The number of hydrogen-bond donors (Lipinski definition) is 2. The van der Waals surface area contributed by atoms with E-state index in [2.05, 4.69) is 4.83 Å². The lowest BCUT2D eigenvalue weighted by Gasteiger charge is -2.16. The number of hydrazine groups is 1. The van der Waals surface area contributed by atoms with Crippen molar-refractivity contribution in [1.29, 1.82) is 0 Å². The number of sulfonamides is 1. The van der Waals surface area contributed by atoms with Crippen LogP contribution in [0.25, 0.3) is 6.08 Å². The first-order chi connectivity index (χ1) is 12.8. The Morgan fingerprint density at radius 3 is 2.59 bits per heavy atom. The number of phenols is 1. The number of carbonyl (C=O) groups is 1. The number of nitrogens with one attached hydrogen (secondary N) is 1. The maximum Gasteiger partial charge on any atom is 0.307 e.